The monoisotopic (exact) mass is 546 g/mol. The largest absolute Gasteiger partial charge is 0.463 e. The average molecular weight is 546 g/mol. The molecule has 3 aliphatic rings. The van der Waals surface area contributed by atoms with Crippen molar-refractivity contribution in [2.75, 3.05) is 19.8 Å². The lowest BCUT2D eigenvalue weighted by Gasteiger charge is -2.47. The summed E-state index contributed by atoms with van der Waals surface area (Å²) in [6, 6.07) is 0. The molecule has 3 aliphatic heterocycles. The van der Waals surface area contributed by atoms with Crippen molar-refractivity contribution >= 4 is 5.97 Å². The Labute approximate surface area is 209 Å². The van der Waals surface area contributed by atoms with Crippen LogP contribution in [0.5, 0.6) is 0 Å². The van der Waals surface area contributed by atoms with E-state index in [1.165, 1.54) is 0 Å². The Balaban J connectivity index is 1.77. The van der Waals surface area contributed by atoms with Crippen LogP contribution in [0.1, 0.15) is 6.92 Å². The van der Waals surface area contributed by atoms with E-state index >= 15 is 0 Å². The van der Waals surface area contributed by atoms with Gasteiger partial charge in [-0.1, -0.05) is 0 Å². The van der Waals surface area contributed by atoms with Crippen LogP contribution in [0.4, 0.5) is 0 Å². The highest BCUT2D eigenvalue weighted by Gasteiger charge is 2.53. The Morgan fingerprint density at radius 2 is 1.19 bits per heavy atom. The molecule has 0 aromatic rings. The van der Waals surface area contributed by atoms with E-state index in [1.54, 1.807) is 0 Å². The fourth-order valence-electron chi connectivity index (χ4n) is 4.24. The number of carbonyl (C=O) groups is 1. The fraction of sp³-hybridized carbons (Fsp3) is 0.950. The first-order valence-electron chi connectivity index (χ1n) is 11.5. The summed E-state index contributed by atoms with van der Waals surface area (Å²) in [5.74, 6) is -0.720. The minimum Gasteiger partial charge on any atom is -0.463 e. The molecule has 17 heteroatoms. The molecule has 0 aliphatic carbocycles. The van der Waals surface area contributed by atoms with Crippen molar-refractivity contribution < 1.29 is 84.3 Å². The predicted molar refractivity (Wildman–Crippen MR) is 111 cm³/mol. The molecule has 0 radical (unpaired) electrons. The van der Waals surface area contributed by atoms with Gasteiger partial charge in [0.05, 0.1) is 13.2 Å². The first-order chi connectivity index (χ1) is 17.4. The molecular weight excluding hydrogens is 512 g/mol. The fourth-order valence-corrected chi connectivity index (χ4v) is 4.24. The molecule has 216 valence electrons. The first kappa shape index (κ1) is 30.4. The van der Waals surface area contributed by atoms with Crippen LogP contribution in [0.15, 0.2) is 0 Å². The molecule has 15 atom stereocenters. The summed E-state index contributed by atoms with van der Waals surface area (Å²) in [4.78, 5) is 11.1. The lowest BCUT2D eigenvalue weighted by Crippen LogP contribution is -2.66. The van der Waals surface area contributed by atoms with Gasteiger partial charge in [0.2, 0.25) is 0 Å². The molecular formula is C20H34O17. The van der Waals surface area contributed by atoms with Gasteiger partial charge >= 0.3 is 5.97 Å². The number of carbonyl (C=O) groups excluding carboxylic acids is 1. The number of rotatable bonds is 8. The molecule has 3 fully saturated rings. The highest BCUT2D eigenvalue weighted by atomic mass is 16.7. The maximum atomic E-state index is 11.1. The molecule has 0 bridgehead atoms. The van der Waals surface area contributed by atoms with Gasteiger partial charge in [0.1, 0.15) is 79.9 Å². The molecule has 0 aromatic heterocycles. The second-order valence-electron chi connectivity index (χ2n) is 8.95. The van der Waals surface area contributed by atoms with Crippen molar-refractivity contribution in [3.63, 3.8) is 0 Å². The lowest BCUT2D eigenvalue weighted by molar-refractivity contribution is -0.378. The minimum absolute atomic E-state index is 0.527. The zero-order valence-corrected chi connectivity index (χ0v) is 19.6. The number of esters is 1. The standard InChI is InChI=1S/C20H34O17/c1-5(23)32-4-8-9(24)11(26)14(29)19(35-8)37-17-10(25)6(2-21)34-20(15(17)30)36-16-7(3-22)33-18(31)13(28)12(16)27/h6-22,24-31H,2-4H2,1H3/t6-,7-,8-,9-,10-,11+,12-,13-,14+,15-,16-,17+,18-,19-,20+/m1/s1. The molecule has 0 spiro atoms. The Morgan fingerprint density at radius 3 is 1.78 bits per heavy atom. The van der Waals surface area contributed by atoms with E-state index < -0.39 is 118 Å². The van der Waals surface area contributed by atoms with E-state index in [-0.39, 0.29) is 0 Å². The molecule has 3 heterocycles. The second kappa shape index (κ2) is 12.8. The molecule has 17 nitrogen and oxygen atoms in total. The number of hydrogen-bond donors (Lipinski definition) is 10. The van der Waals surface area contributed by atoms with Crippen LogP contribution in [0.2, 0.25) is 0 Å². The van der Waals surface area contributed by atoms with E-state index in [0.29, 0.717) is 0 Å². The van der Waals surface area contributed by atoms with E-state index in [2.05, 4.69) is 0 Å². The maximum absolute atomic E-state index is 11.1. The van der Waals surface area contributed by atoms with Gasteiger partial charge in [-0.25, -0.2) is 0 Å². The molecule has 3 saturated heterocycles. The average Bonchev–Trinajstić information content (AvgIpc) is 2.86. The van der Waals surface area contributed by atoms with Gasteiger partial charge in [0.25, 0.3) is 0 Å². The normalized spacial score (nSPS) is 49.0. The van der Waals surface area contributed by atoms with Gasteiger partial charge in [0.15, 0.2) is 18.9 Å². The molecule has 0 saturated carbocycles. The third kappa shape index (κ3) is 6.55. The topological polar surface area (TPSA) is 275 Å². The molecule has 3 rings (SSSR count). The maximum Gasteiger partial charge on any atom is 0.302 e. The van der Waals surface area contributed by atoms with E-state index in [4.69, 9.17) is 28.4 Å². The highest BCUT2D eigenvalue weighted by molar-refractivity contribution is 5.65. The van der Waals surface area contributed by atoms with Crippen LogP contribution < -0.4 is 0 Å². The summed E-state index contributed by atoms with van der Waals surface area (Å²) < 4.78 is 31.5. The van der Waals surface area contributed by atoms with Gasteiger partial charge in [-0.05, 0) is 0 Å². The quantitative estimate of drug-likeness (QED) is 0.127. The zero-order chi connectivity index (χ0) is 27.6. The summed E-state index contributed by atoms with van der Waals surface area (Å²) >= 11 is 0. The van der Waals surface area contributed by atoms with Crippen molar-refractivity contribution in [1.29, 1.82) is 0 Å². The Morgan fingerprint density at radius 1 is 0.622 bits per heavy atom. The SMILES string of the molecule is CC(=O)OC[C@H]1O[C@H](O[C@@H]2[C@@H](O)[C@H](O[C@H]3[C@H](O)[C@@H](O)[C@H](O)O[C@@H]3CO)O[C@H](CO)[C@H]2O)[C@@H](O)[C@@H](O)[C@@H]1O. The van der Waals surface area contributed by atoms with Crippen LogP contribution in [-0.2, 0) is 33.2 Å². The smallest absolute Gasteiger partial charge is 0.302 e. The number of aliphatic hydroxyl groups is 10. The lowest BCUT2D eigenvalue weighted by atomic mass is 9.96. The third-order valence-electron chi connectivity index (χ3n) is 6.36. The molecule has 37 heavy (non-hydrogen) atoms. The summed E-state index contributed by atoms with van der Waals surface area (Å²) in [5.41, 5.74) is 0. The minimum atomic E-state index is -1.93. The molecule has 0 unspecified atom stereocenters. The van der Waals surface area contributed by atoms with Crippen molar-refractivity contribution in [2.24, 2.45) is 0 Å². The predicted octanol–water partition coefficient (Wildman–Crippen LogP) is -7.00. The van der Waals surface area contributed by atoms with Gasteiger partial charge < -0.3 is 79.5 Å². The van der Waals surface area contributed by atoms with Crippen LogP contribution >= 0.6 is 0 Å². The van der Waals surface area contributed by atoms with Crippen molar-refractivity contribution in [1.82, 2.24) is 0 Å². The summed E-state index contributed by atoms with van der Waals surface area (Å²) in [7, 11) is 0. The van der Waals surface area contributed by atoms with E-state index in [1.807, 2.05) is 0 Å². The van der Waals surface area contributed by atoms with Crippen LogP contribution in [0, 0.1) is 0 Å². The summed E-state index contributed by atoms with van der Waals surface area (Å²) in [5, 5.41) is 101. The van der Waals surface area contributed by atoms with Gasteiger partial charge in [-0.2, -0.15) is 0 Å². The third-order valence-corrected chi connectivity index (χ3v) is 6.36. The van der Waals surface area contributed by atoms with Gasteiger partial charge in [0, 0.05) is 6.92 Å². The second-order valence-corrected chi connectivity index (χ2v) is 8.95. The van der Waals surface area contributed by atoms with Crippen LogP contribution in [0.25, 0.3) is 0 Å². The number of hydrogen-bond acceptors (Lipinski definition) is 17. The van der Waals surface area contributed by atoms with E-state index in [0.717, 1.165) is 6.92 Å². The van der Waals surface area contributed by atoms with Gasteiger partial charge in [-0.15, -0.1) is 0 Å². The molecule has 0 amide bonds. The van der Waals surface area contributed by atoms with Crippen LogP contribution in [0.3, 0.4) is 0 Å². The van der Waals surface area contributed by atoms with Crippen molar-refractivity contribution in [2.45, 2.75) is 99.0 Å². The number of aliphatic hydroxyl groups excluding tert-OH is 10. The van der Waals surface area contributed by atoms with E-state index in [9.17, 15) is 55.9 Å². The van der Waals surface area contributed by atoms with Gasteiger partial charge in [-0.3, -0.25) is 4.79 Å². The summed E-state index contributed by atoms with van der Waals surface area (Å²) in [6.45, 7) is -1.05. The highest BCUT2D eigenvalue weighted by Crippen LogP contribution is 2.32. The Bertz CT molecular complexity index is 740. The Hall–Kier alpha value is -1.13. The molecule has 10 N–H and O–H groups in total. The Kier molecular flexibility index (Phi) is 10.5. The van der Waals surface area contributed by atoms with Crippen molar-refractivity contribution in [3.8, 4) is 0 Å². The number of ether oxygens (including phenoxy) is 6. The van der Waals surface area contributed by atoms with Crippen LogP contribution in [-0.4, -0.2) is 169 Å². The zero-order valence-electron chi connectivity index (χ0n) is 19.6. The molecule has 0 aromatic carbocycles. The van der Waals surface area contributed by atoms with Crippen molar-refractivity contribution in [3.05, 3.63) is 0 Å². The first-order valence-corrected chi connectivity index (χ1v) is 11.5. The summed E-state index contributed by atoms with van der Waals surface area (Å²) in [6.07, 6.45) is -25.8.